The Bertz CT molecular complexity index is 360. The SMILES string of the molecule is CCC(C)N(C)c1nc(C)c(CNCC(C)C)s1. The predicted octanol–water partition coefficient (Wildman–Crippen LogP) is 3.43. The van der Waals surface area contributed by atoms with E-state index in [9.17, 15) is 0 Å². The van der Waals surface area contributed by atoms with Crippen LogP contribution in [0.2, 0.25) is 0 Å². The van der Waals surface area contributed by atoms with Gasteiger partial charge < -0.3 is 10.2 Å². The Morgan fingerprint density at radius 2 is 2.00 bits per heavy atom. The number of nitrogens with zero attached hydrogens (tertiary/aromatic N) is 2. The Morgan fingerprint density at radius 1 is 1.33 bits per heavy atom. The lowest BCUT2D eigenvalue weighted by molar-refractivity contribution is 0.554. The van der Waals surface area contributed by atoms with Gasteiger partial charge in [0.05, 0.1) is 5.69 Å². The second-order valence-corrected chi connectivity index (χ2v) is 6.46. The van der Waals surface area contributed by atoms with E-state index in [1.807, 2.05) is 11.3 Å². The Morgan fingerprint density at radius 3 is 2.56 bits per heavy atom. The Balaban J connectivity index is 2.63. The molecule has 4 heteroatoms. The standard InChI is InChI=1S/C14H27N3S/c1-7-11(4)17(6)14-16-12(5)13(18-14)9-15-8-10(2)3/h10-11,15H,7-9H2,1-6H3. The van der Waals surface area contributed by atoms with Crippen molar-refractivity contribution in [2.75, 3.05) is 18.5 Å². The van der Waals surface area contributed by atoms with Gasteiger partial charge in [-0.15, -0.1) is 11.3 Å². The third-order valence-electron chi connectivity index (χ3n) is 3.27. The molecule has 0 saturated carbocycles. The summed E-state index contributed by atoms with van der Waals surface area (Å²) >= 11 is 1.82. The van der Waals surface area contributed by atoms with E-state index in [1.54, 1.807) is 0 Å². The maximum atomic E-state index is 4.68. The fraction of sp³-hybridized carbons (Fsp3) is 0.786. The molecule has 0 aliphatic heterocycles. The van der Waals surface area contributed by atoms with Gasteiger partial charge in [0.1, 0.15) is 0 Å². The maximum Gasteiger partial charge on any atom is 0.185 e. The molecule has 1 unspecified atom stereocenters. The van der Waals surface area contributed by atoms with Crippen molar-refractivity contribution in [1.29, 1.82) is 0 Å². The van der Waals surface area contributed by atoms with Crippen LogP contribution in [-0.4, -0.2) is 24.6 Å². The minimum atomic E-state index is 0.548. The molecule has 0 saturated heterocycles. The molecule has 1 heterocycles. The first-order valence-corrected chi connectivity index (χ1v) is 7.67. The summed E-state index contributed by atoms with van der Waals surface area (Å²) in [7, 11) is 2.14. The summed E-state index contributed by atoms with van der Waals surface area (Å²) in [4.78, 5) is 8.33. The van der Waals surface area contributed by atoms with Crippen molar-refractivity contribution in [2.45, 2.75) is 53.6 Å². The minimum absolute atomic E-state index is 0.548. The highest BCUT2D eigenvalue weighted by molar-refractivity contribution is 7.15. The van der Waals surface area contributed by atoms with Gasteiger partial charge in [-0.25, -0.2) is 4.98 Å². The van der Waals surface area contributed by atoms with E-state index in [0.29, 0.717) is 12.0 Å². The van der Waals surface area contributed by atoms with Crippen molar-refractivity contribution < 1.29 is 0 Å². The summed E-state index contributed by atoms with van der Waals surface area (Å²) < 4.78 is 0. The van der Waals surface area contributed by atoms with Gasteiger partial charge in [-0.2, -0.15) is 0 Å². The maximum absolute atomic E-state index is 4.68. The number of nitrogens with one attached hydrogen (secondary N) is 1. The van der Waals surface area contributed by atoms with Crippen LogP contribution in [0.1, 0.15) is 44.7 Å². The van der Waals surface area contributed by atoms with Crippen LogP contribution in [0.3, 0.4) is 0 Å². The summed E-state index contributed by atoms with van der Waals surface area (Å²) in [6.45, 7) is 13.0. The zero-order valence-electron chi connectivity index (χ0n) is 12.6. The van der Waals surface area contributed by atoms with Gasteiger partial charge in [-0.05, 0) is 32.7 Å². The van der Waals surface area contributed by atoms with Gasteiger partial charge in [-0.1, -0.05) is 20.8 Å². The smallest absolute Gasteiger partial charge is 0.185 e. The van der Waals surface area contributed by atoms with E-state index >= 15 is 0 Å². The van der Waals surface area contributed by atoms with E-state index in [0.717, 1.165) is 24.6 Å². The van der Waals surface area contributed by atoms with Crippen LogP contribution in [0.15, 0.2) is 0 Å². The van der Waals surface area contributed by atoms with Crippen LogP contribution in [0.5, 0.6) is 0 Å². The van der Waals surface area contributed by atoms with Gasteiger partial charge in [0.2, 0.25) is 0 Å². The number of aryl methyl sites for hydroxylation is 1. The van der Waals surface area contributed by atoms with Crippen LogP contribution < -0.4 is 10.2 Å². The molecule has 0 spiro atoms. The predicted molar refractivity (Wildman–Crippen MR) is 81.6 cm³/mol. The Labute approximate surface area is 116 Å². The van der Waals surface area contributed by atoms with Gasteiger partial charge in [-0.3, -0.25) is 0 Å². The molecule has 0 bridgehead atoms. The lowest BCUT2D eigenvalue weighted by atomic mass is 10.2. The van der Waals surface area contributed by atoms with Crippen LogP contribution >= 0.6 is 11.3 Å². The minimum Gasteiger partial charge on any atom is -0.348 e. The van der Waals surface area contributed by atoms with Gasteiger partial charge in [0.25, 0.3) is 0 Å². The quantitative estimate of drug-likeness (QED) is 0.822. The zero-order valence-corrected chi connectivity index (χ0v) is 13.4. The molecule has 0 radical (unpaired) electrons. The molecule has 0 aliphatic carbocycles. The Kier molecular flexibility index (Phi) is 6.09. The average Bonchev–Trinajstić information content (AvgIpc) is 2.68. The largest absolute Gasteiger partial charge is 0.348 e. The molecule has 104 valence electrons. The monoisotopic (exact) mass is 269 g/mol. The molecule has 0 aliphatic rings. The topological polar surface area (TPSA) is 28.2 Å². The third kappa shape index (κ3) is 4.25. The van der Waals surface area contributed by atoms with E-state index < -0.39 is 0 Å². The van der Waals surface area contributed by atoms with E-state index in [4.69, 9.17) is 0 Å². The highest BCUT2D eigenvalue weighted by Gasteiger charge is 2.14. The molecule has 1 N–H and O–H groups in total. The summed E-state index contributed by atoms with van der Waals surface area (Å²) in [6.07, 6.45) is 1.15. The van der Waals surface area contributed by atoms with Crippen molar-refractivity contribution in [3.8, 4) is 0 Å². The fourth-order valence-corrected chi connectivity index (χ4v) is 2.76. The van der Waals surface area contributed by atoms with Crippen molar-refractivity contribution in [3.05, 3.63) is 10.6 Å². The third-order valence-corrected chi connectivity index (χ3v) is 4.52. The molecule has 18 heavy (non-hydrogen) atoms. The first-order chi connectivity index (χ1) is 8.45. The summed E-state index contributed by atoms with van der Waals surface area (Å²) in [5, 5.41) is 4.63. The zero-order chi connectivity index (χ0) is 13.7. The first kappa shape index (κ1) is 15.4. The number of anilines is 1. The normalized spacial score (nSPS) is 13.1. The lowest BCUT2D eigenvalue weighted by Gasteiger charge is -2.22. The van der Waals surface area contributed by atoms with Gasteiger partial charge >= 0.3 is 0 Å². The Hall–Kier alpha value is -0.610. The number of aromatic nitrogens is 1. The van der Waals surface area contributed by atoms with Crippen LogP contribution in [0, 0.1) is 12.8 Å². The number of hydrogen-bond acceptors (Lipinski definition) is 4. The van der Waals surface area contributed by atoms with Crippen LogP contribution in [0.25, 0.3) is 0 Å². The lowest BCUT2D eigenvalue weighted by Crippen LogP contribution is -2.27. The molecule has 0 amide bonds. The van der Waals surface area contributed by atoms with Crippen molar-refractivity contribution in [3.63, 3.8) is 0 Å². The summed E-state index contributed by atoms with van der Waals surface area (Å²) in [6, 6.07) is 0.548. The highest BCUT2D eigenvalue weighted by Crippen LogP contribution is 2.26. The molecule has 1 aromatic rings. The van der Waals surface area contributed by atoms with Gasteiger partial charge in [0.15, 0.2) is 5.13 Å². The molecule has 0 aromatic carbocycles. The average molecular weight is 269 g/mol. The number of thiazole rings is 1. The van der Waals surface area contributed by atoms with Gasteiger partial charge in [0, 0.05) is 24.5 Å². The summed E-state index contributed by atoms with van der Waals surface area (Å²) in [5.74, 6) is 0.695. The molecule has 1 rings (SSSR count). The molecular weight excluding hydrogens is 242 g/mol. The van der Waals surface area contributed by atoms with Crippen molar-refractivity contribution in [2.24, 2.45) is 5.92 Å². The molecular formula is C14H27N3S. The second-order valence-electron chi connectivity index (χ2n) is 5.40. The van der Waals surface area contributed by atoms with E-state index in [1.165, 1.54) is 10.6 Å². The van der Waals surface area contributed by atoms with Crippen LogP contribution in [-0.2, 0) is 6.54 Å². The number of hydrogen-bond donors (Lipinski definition) is 1. The molecule has 0 fully saturated rings. The van der Waals surface area contributed by atoms with Crippen LogP contribution in [0.4, 0.5) is 5.13 Å². The molecule has 1 atom stereocenters. The van der Waals surface area contributed by atoms with E-state index in [-0.39, 0.29) is 0 Å². The first-order valence-electron chi connectivity index (χ1n) is 6.85. The number of rotatable bonds is 7. The second kappa shape index (κ2) is 7.10. The fourth-order valence-electron chi connectivity index (χ4n) is 1.66. The van der Waals surface area contributed by atoms with Crippen molar-refractivity contribution in [1.82, 2.24) is 10.3 Å². The van der Waals surface area contributed by atoms with E-state index in [2.05, 4.69) is 56.9 Å². The molecule has 3 nitrogen and oxygen atoms in total. The summed E-state index contributed by atoms with van der Waals surface area (Å²) in [5.41, 5.74) is 1.17. The highest BCUT2D eigenvalue weighted by atomic mass is 32.1. The van der Waals surface area contributed by atoms with Crippen molar-refractivity contribution >= 4 is 16.5 Å². The molecule has 1 aromatic heterocycles.